The van der Waals surface area contributed by atoms with E-state index in [9.17, 15) is 4.39 Å². The maximum atomic E-state index is 13.3. The first-order valence-corrected chi connectivity index (χ1v) is 7.44. The predicted octanol–water partition coefficient (Wildman–Crippen LogP) is 4.42. The maximum absolute atomic E-state index is 13.3. The van der Waals surface area contributed by atoms with Crippen LogP contribution < -0.4 is 11.1 Å². The van der Waals surface area contributed by atoms with Gasteiger partial charge in [0.15, 0.2) is 0 Å². The van der Waals surface area contributed by atoms with E-state index in [1.54, 1.807) is 17.4 Å². The Balaban J connectivity index is 2.26. The third-order valence-corrected chi connectivity index (χ3v) is 4.66. The number of nitrogens with one attached hydrogen (secondary N) is 1. The van der Waals surface area contributed by atoms with Crippen molar-refractivity contribution in [3.63, 3.8) is 0 Å². The topological polar surface area (TPSA) is 50.9 Å². The minimum atomic E-state index is -0.361. The number of hydrogen-bond acceptors (Lipinski definition) is 4. The lowest BCUT2D eigenvalue weighted by Crippen LogP contribution is -2.08. The molecule has 2 rings (SSSR count). The van der Waals surface area contributed by atoms with Gasteiger partial charge in [-0.05, 0) is 42.8 Å². The van der Waals surface area contributed by atoms with Crippen molar-refractivity contribution in [3.8, 4) is 0 Å². The van der Waals surface area contributed by atoms with Crippen molar-refractivity contribution in [2.45, 2.75) is 26.8 Å². The van der Waals surface area contributed by atoms with Gasteiger partial charge in [-0.2, -0.15) is 0 Å². The molecule has 0 saturated carbocycles. The van der Waals surface area contributed by atoms with Crippen LogP contribution in [0.15, 0.2) is 16.6 Å². The second-order valence-electron chi connectivity index (χ2n) is 4.40. The SMILES string of the molecule is Cc1nc(C)c(C(C)Nc2cc(Br)c(F)cc2N)s1. The van der Waals surface area contributed by atoms with Crippen LogP contribution in [0.25, 0.3) is 0 Å². The summed E-state index contributed by atoms with van der Waals surface area (Å²) in [7, 11) is 0. The Morgan fingerprint density at radius 2 is 2.11 bits per heavy atom. The molecule has 1 aromatic carbocycles. The summed E-state index contributed by atoms with van der Waals surface area (Å²) in [5.41, 5.74) is 7.95. The highest BCUT2D eigenvalue weighted by atomic mass is 79.9. The van der Waals surface area contributed by atoms with Gasteiger partial charge in [-0.25, -0.2) is 9.37 Å². The third-order valence-electron chi connectivity index (χ3n) is 2.80. The van der Waals surface area contributed by atoms with Crippen LogP contribution in [0.2, 0.25) is 0 Å². The minimum absolute atomic E-state index is 0.0749. The summed E-state index contributed by atoms with van der Waals surface area (Å²) in [6.45, 7) is 6.01. The summed E-state index contributed by atoms with van der Waals surface area (Å²) < 4.78 is 13.7. The van der Waals surface area contributed by atoms with Gasteiger partial charge in [-0.1, -0.05) is 0 Å². The standard InChI is InChI=1S/C13H15BrFN3S/c1-6-13(19-8(3)17-6)7(2)18-12-4-9(14)10(15)5-11(12)16/h4-5,7,18H,16H2,1-3H3. The Labute approximate surface area is 124 Å². The van der Waals surface area contributed by atoms with Gasteiger partial charge in [-0.3, -0.25) is 0 Å². The lowest BCUT2D eigenvalue weighted by atomic mass is 10.2. The van der Waals surface area contributed by atoms with Crippen molar-refractivity contribution >= 4 is 38.6 Å². The first-order chi connectivity index (χ1) is 8.88. The first-order valence-electron chi connectivity index (χ1n) is 5.83. The predicted molar refractivity (Wildman–Crippen MR) is 82.1 cm³/mol. The zero-order valence-corrected chi connectivity index (χ0v) is 13.3. The van der Waals surface area contributed by atoms with Crippen molar-refractivity contribution in [2.75, 3.05) is 11.1 Å². The molecule has 2 aromatic rings. The second-order valence-corrected chi connectivity index (χ2v) is 6.49. The number of nitrogens with zero attached hydrogens (tertiary/aromatic N) is 1. The van der Waals surface area contributed by atoms with Crippen molar-refractivity contribution in [3.05, 3.63) is 38.0 Å². The van der Waals surface area contributed by atoms with Crippen molar-refractivity contribution in [1.29, 1.82) is 0 Å². The molecule has 1 atom stereocenters. The van der Waals surface area contributed by atoms with Crippen LogP contribution in [0, 0.1) is 19.7 Å². The number of thiazole rings is 1. The van der Waals surface area contributed by atoms with Gasteiger partial charge < -0.3 is 11.1 Å². The van der Waals surface area contributed by atoms with Crippen molar-refractivity contribution in [1.82, 2.24) is 4.98 Å². The van der Waals surface area contributed by atoms with Crippen molar-refractivity contribution < 1.29 is 4.39 Å². The van der Waals surface area contributed by atoms with E-state index in [0.29, 0.717) is 15.8 Å². The first kappa shape index (κ1) is 14.3. The van der Waals surface area contributed by atoms with Crippen molar-refractivity contribution in [2.24, 2.45) is 0 Å². The van der Waals surface area contributed by atoms with Gasteiger partial charge in [0.1, 0.15) is 5.82 Å². The second kappa shape index (κ2) is 5.46. The van der Waals surface area contributed by atoms with Crippen LogP contribution in [0.5, 0.6) is 0 Å². The lowest BCUT2D eigenvalue weighted by molar-refractivity contribution is 0.622. The average Bonchev–Trinajstić information content (AvgIpc) is 2.65. The number of aryl methyl sites for hydroxylation is 2. The van der Waals surface area contributed by atoms with E-state index < -0.39 is 0 Å². The molecule has 3 N–H and O–H groups in total. The zero-order chi connectivity index (χ0) is 14.2. The molecule has 0 aliphatic heterocycles. The zero-order valence-electron chi connectivity index (χ0n) is 10.9. The molecular formula is C13H15BrFN3S. The smallest absolute Gasteiger partial charge is 0.139 e. The Hall–Kier alpha value is -1.14. The molecule has 19 heavy (non-hydrogen) atoms. The molecule has 0 amide bonds. The molecule has 1 unspecified atom stereocenters. The highest BCUT2D eigenvalue weighted by Crippen LogP contribution is 2.32. The highest BCUT2D eigenvalue weighted by Gasteiger charge is 2.15. The summed E-state index contributed by atoms with van der Waals surface area (Å²) >= 11 is 4.82. The van der Waals surface area contributed by atoms with E-state index in [0.717, 1.165) is 15.6 Å². The largest absolute Gasteiger partial charge is 0.397 e. The molecule has 0 aliphatic carbocycles. The van der Waals surface area contributed by atoms with Crippen LogP contribution in [-0.4, -0.2) is 4.98 Å². The fourth-order valence-corrected chi connectivity index (χ4v) is 3.21. The summed E-state index contributed by atoms with van der Waals surface area (Å²) in [6, 6.07) is 3.04. The summed E-state index contributed by atoms with van der Waals surface area (Å²) in [6.07, 6.45) is 0. The molecule has 6 heteroatoms. The van der Waals surface area contributed by atoms with Crippen LogP contribution in [0.4, 0.5) is 15.8 Å². The highest BCUT2D eigenvalue weighted by molar-refractivity contribution is 9.10. The fourth-order valence-electron chi connectivity index (χ4n) is 1.93. The number of nitrogens with two attached hydrogens (primary N) is 1. The normalized spacial score (nSPS) is 12.5. The van der Waals surface area contributed by atoms with E-state index in [1.165, 1.54) is 6.07 Å². The molecule has 3 nitrogen and oxygen atoms in total. The Kier molecular flexibility index (Phi) is 4.10. The van der Waals surface area contributed by atoms with E-state index in [-0.39, 0.29) is 11.9 Å². The maximum Gasteiger partial charge on any atom is 0.139 e. The monoisotopic (exact) mass is 343 g/mol. The number of nitrogen functional groups attached to an aromatic ring is 1. The van der Waals surface area contributed by atoms with Gasteiger partial charge in [0, 0.05) is 10.9 Å². The van der Waals surface area contributed by atoms with Crippen LogP contribution in [-0.2, 0) is 0 Å². The molecule has 1 aromatic heterocycles. The Morgan fingerprint density at radius 3 is 2.68 bits per heavy atom. The Bertz CT molecular complexity index is 612. The minimum Gasteiger partial charge on any atom is -0.397 e. The third kappa shape index (κ3) is 3.06. The van der Waals surface area contributed by atoms with Gasteiger partial charge in [-0.15, -0.1) is 11.3 Å². The number of halogens is 2. The van der Waals surface area contributed by atoms with Gasteiger partial charge in [0.2, 0.25) is 0 Å². The van der Waals surface area contributed by atoms with Gasteiger partial charge in [0.05, 0.1) is 32.6 Å². The molecule has 102 valence electrons. The summed E-state index contributed by atoms with van der Waals surface area (Å²) in [5, 5.41) is 4.33. The van der Waals surface area contributed by atoms with E-state index in [2.05, 4.69) is 26.2 Å². The number of rotatable bonds is 3. The number of hydrogen-bond donors (Lipinski definition) is 2. The number of benzene rings is 1. The van der Waals surface area contributed by atoms with Crippen LogP contribution in [0.1, 0.15) is 28.5 Å². The average molecular weight is 344 g/mol. The summed E-state index contributed by atoms with van der Waals surface area (Å²) in [5.74, 6) is -0.361. The van der Waals surface area contributed by atoms with Gasteiger partial charge >= 0.3 is 0 Å². The summed E-state index contributed by atoms with van der Waals surface area (Å²) in [4.78, 5) is 5.57. The molecule has 1 heterocycles. The molecule has 0 fully saturated rings. The molecular weight excluding hydrogens is 329 g/mol. The van der Waals surface area contributed by atoms with E-state index in [4.69, 9.17) is 5.73 Å². The van der Waals surface area contributed by atoms with E-state index in [1.807, 2.05) is 20.8 Å². The van der Waals surface area contributed by atoms with Gasteiger partial charge in [0.25, 0.3) is 0 Å². The Morgan fingerprint density at radius 1 is 1.42 bits per heavy atom. The van der Waals surface area contributed by atoms with E-state index >= 15 is 0 Å². The van der Waals surface area contributed by atoms with Crippen LogP contribution in [0.3, 0.4) is 0 Å². The molecule has 0 aliphatic rings. The lowest BCUT2D eigenvalue weighted by Gasteiger charge is -2.16. The molecule has 0 spiro atoms. The fraction of sp³-hybridized carbons (Fsp3) is 0.308. The molecule has 0 bridgehead atoms. The number of aromatic nitrogens is 1. The quantitative estimate of drug-likeness (QED) is 0.811. The molecule has 0 radical (unpaired) electrons. The number of anilines is 2. The van der Waals surface area contributed by atoms with Crippen LogP contribution >= 0.6 is 27.3 Å². The molecule has 0 saturated heterocycles.